The highest BCUT2D eigenvalue weighted by Gasteiger charge is 2.20. The number of hydrogen-bond acceptors (Lipinski definition) is 5. The van der Waals surface area contributed by atoms with Crippen LogP contribution < -0.4 is 0 Å². The molecule has 0 heterocycles. The molecule has 0 bridgehead atoms. The Kier molecular flexibility index (Phi) is 6.03. The summed E-state index contributed by atoms with van der Waals surface area (Å²) in [6.07, 6.45) is 2.16. The molecule has 6 nitrogen and oxygen atoms in total. The average molecular weight is 344 g/mol. The lowest BCUT2D eigenvalue weighted by Crippen LogP contribution is -2.10. The summed E-state index contributed by atoms with van der Waals surface area (Å²) in [5, 5.41) is 8.39. The van der Waals surface area contributed by atoms with E-state index in [0.717, 1.165) is 6.26 Å². The molecule has 1 rings (SSSR count). The SMILES string of the molecule is CC(C)c1cc(F)c(COC(=O)/C=C/C(=O)O)c(S(C)(=O)=O)c1. The van der Waals surface area contributed by atoms with E-state index < -0.39 is 34.2 Å². The molecular weight excluding hydrogens is 327 g/mol. The van der Waals surface area contributed by atoms with Gasteiger partial charge in [-0.2, -0.15) is 0 Å². The average Bonchev–Trinajstić information content (AvgIpc) is 2.41. The smallest absolute Gasteiger partial charge is 0.331 e. The first kappa shape index (κ1) is 18.8. The van der Waals surface area contributed by atoms with Crippen LogP contribution in [0.2, 0.25) is 0 Å². The molecule has 0 fully saturated rings. The number of hydrogen-bond donors (Lipinski definition) is 1. The summed E-state index contributed by atoms with van der Waals surface area (Å²) in [4.78, 5) is 21.4. The van der Waals surface area contributed by atoms with Crippen LogP contribution in [0.25, 0.3) is 0 Å². The molecule has 1 aromatic rings. The molecule has 0 aromatic heterocycles. The van der Waals surface area contributed by atoms with Crippen molar-refractivity contribution >= 4 is 21.8 Å². The van der Waals surface area contributed by atoms with Gasteiger partial charge >= 0.3 is 11.9 Å². The maximum absolute atomic E-state index is 14.2. The summed E-state index contributed by atoms with van der Waals surface area (Å²) in [5.41, 5.74) is 0.234. The second-order valence-electron chi connectivity index (χ2n) is 5.19. The molecule has 0 aliphatic heterocycles. The van der Waals surface area contributed by atoms with Gasteiger partial charge in [-0.25, -0.2) is 22.4 Å². The number of esters is 1. The first-order valence-corrected chi connectivity index (χ1v) is 8.51. The van der Waals surface area contributed by atoms with Gasteiger partial charge in [0.2, 0.25) is 0 Å². The topological polar surface area (TPSA) is 97.7 Å². The molecule has 126 valence electrons. The van der Waals surface area contributed by atoms with E-state index in [4.69, 9.17) is 9.84 Å². The fourth-order valence-electron chi connectivity index (χ4n) is 1.77. The third kappa shape index (κ3) is 5.48. The standard InChI is InChI=1S/C15H17FO6S/c1-9(2)10-6-12(16)11(13(7-10)23(3,20)21)8-22-15(19)5-4-14(17)18/h4-7,9H,8H2,1-3H3,(H,17,18)/b5-4+. The molecule has 0 saturated carbocycles. The Balaban J connectivity index is 3.16. The van der Waals surface area contributed by atoms with Crippen LogP contribution in [0.1, 0.15) is 30.9 Å². The minimum absolute atomic E-state index is 0.0832. The zero-order valence-corrected chi connectivity index (χ0v) is 13.7. The zero-order chi connectivity index (χ0) is 17.8. The lowest BCUT2D eigenvalue weighted by molar-refractivity contribution is -0.140. The molecule has 8 heteroatoms. The molecule has 0 aliphatic carbocycles. The van der Waals surface area contributed by atoms with E-state index in [0.29, 0.717) is 17.7 Å². The van der Waals surface area contributed by atoms with Gasteiger partial charge in [0.1, 0.15) is 12.4 Å². The van der Waals surface area contributed by atoms with Crippen molar-refractivity contribution in [2.45, 2.75) is 31.3 Å². The van der Waals surface area contributed by atoms with E-state index in [-0.39, 0.29) is 16.4 Å². The Bertz CT molecular complexity index is 749. The number of carboxylic acids is 1. The van der Waals surface area contributed by atoms with Crippen molar-refractivity contribution in [1.29, 1.82) is 0 Å². The van der Waals surface area contributed by atoms with Crippen LogP contribution in [0, 0.1) is 5.82 Å². The maximum Gasteiger partial charge on any atom is 0.331 e. The minimum atomic E-state index is -3.73. The predicted octanol–water partition coefficient (Wildman–Crippen LogP) is 2.04. The number of halogens is 1. The van der Waals surface area contributed by atoms with E-state index >= 15 is 0 Å². The second-order valence-corrected chi connectivity index (χ2v) is 7.17. The van der Waals surface area contributed by atoms with E-state index in [9.17, 15) is 22.4 Å². The molecule has 1 N–H and O–H groups in total. The molecule has 0 radical (unpaired) electrons. The first-order chi connectivity index (χ1) is 10.5. The summed E-state index contributed by atoms with van der Waals surface area (Å²) in [7, 11) is -3.73. The van der Waals surface area contributed by atoms with Gasteiger partial charge in [-0.15, -0.1) is 0 Å². The lowest BCUT2D eigenvalue weighted by atomic mass is 10.0. The molecule has 23 heavy (non-hydrogen) atoms. The zero-order valence-electron chi connectivity index (χ0n) is 12.9. The minimum Gasteiger partial charge on any atom is -0.478 e. The fourth-order valence-corrected chi connectivity index (χ4v) is 2.72. The van der Waals surface area contributed by atoms with Gasteiger partial charge in [0.25, 0.3) is 0 Å². The van der Waals surface area contributed by atoms with E-state index in [2.05, 4.69) is 0 Å². The highest BCUT2D eigenvalue weighted by molar-refractivity contribution is 7.90. The Morgan fingerprint density at radius 1 is 1.30 bits per heavy atom. The Morgan fingerprint density at radius 2 is 1.91 bits per heavy atom. The van der Waals surface area contributed by atoms with Crippen LogP contribution in [-0.4, -0.2) is 31.7 Å². The van der Waals surface area contributed by atoms with Crippen LogP contribution in [-0.2, 0) is 30.8 Å². The number of aliphatic carboxylic acids is 1. The van der Waals surface area contributed by atoms with Gasteiger partial charge in [0, 0.05) is 24.0 Å². The number of carbonyl (C=O) groups is 2. The fraction of sp³-hybridized carbons (Fsp3) is 0.333. The van der Waals surface area contributed by atoms with Crippen LogP contribution in [0.5, 0.6) is 0 Å². The largest absolute Gasteiger partial charge is 0.478 e. The molecule has 0 atom stereocenters. The van der Waals surface area contributed by atoms with Crippen molar-refractivity contribution in [2.75, 3.05) is 6.26 Å². The van der Waals surface area contributed by atoms with E-state index in [1.54, 1.807) is 13.8 Å². The van der Waals surface area contributed by atoms with Crippen molar-refractivity contribution in [2.24, 2.45) is 0 Å². The summed E-state index contributed by atoms with van der Waals surface area (Å²) in [5.74, 6) is -3.24. The van der Waals surface area contributed by atoms with Crippen molar-refractivity contribution in [3.8, 4) is 0 Å². The van der Waals surface area contributed by atoms with E-state index in [1.165, 1.54) is 12.1 Å². The van der Waals surface area contributed by atoms with Crippen molar-refractivity contribution in [1.82, 2.24) is 0 Å². The summed E-state index contributed by atoms with van der Waals surface area (Å²) >= 11 is 0. The number of benzene rings is 1. The van der Waals surface area contributed by atoms with E-state index in [1.807, 2.05) is 0 Å². The summed E-state index contributed by atoms with van der Waals surface area (Å²) < 4.78 is 42.6. The molecule has 0 aliphatic rings. The number of rotatable bonds is 6. The lowest BCUT2D eigenvalue weighted by Gasteiger charge is -2.14. The number of ether oxygens (including phenoxy) is 1. The molecule has 1 aromatic carbocycles. The number of sulfone groups is 1. The Morgan fingerprint density at radius 3 is 2.39 bits per heavy atom. The third-order valence-corrected chi connectivity index (χ3v) is 4.13. The van der Waals surface area contributed by atoms with Crippen LogP contribution in [0.15, 0.2) is 29.2 Å². The summed E-state index contributed by atoms with van der Waals surface area (Å²) in [6, 6.07) is 2.54. The quantitative estimate of drug-likeness (QED) is 0.626. The molecule has 0 amide bonds. The molecule has 0 saturated heterocycles. The van der Waals surface area contributed by atoms with Crippen LogP contribution >= 0.6 is 0 Å². The molecular formula is C15H17FO6S. The van der Waals surface area contributed by atoms with Crippen LogP contribution in [0.4, 0.5) is 4.39 Å². The van der Waals surface area contributed by atoms with Gasteiger partial charge < -0.3 is 9.84 Å². The first-order valence-electron chi connectivity index (χ1n) is 6.62. The van der Waals surface area contributed by atoms with Gasteiger partial charge in [-0.1, -0.05) is 13.8 Å². The Hall–Kier alpha value is -2.22. The highest BCUT2D eigenvalue weighted by atomic mass is 32.2. The molecule has 0 unspecified atom stereocenters. The van der Waals surface area contributed by atoms with Crippen molar-refractivity contribution in [3.05, 3.63) is 41.2 Å². The second kappa shape index (κ2) is 7.36. The van der Waals surface area contributed by atoms with Gasteiger partial charge in [0.15, 0.2) is 9.84 Å². The summed E-state index contributed by atoms with van der Waals surface area (Å²) in [6.45, 7) is 2.96. The monoisotopic (exact) mass is 344 g/mol. The van der Waals surface area contributed by atoms with Crippen LogP contribution in [0.3, 0.4) is 0 Å². The van der Waals surface area contributed by atoms with Crippen molar-refractivity contribution < 1.29 is 32.2 Å². The third-order valence-electron chi connectivity index (χ3n) is 2.96. The highest BCUT2D eigenvalue weighted by Crippen LogP contribution is 2.26. The predicted molar refractivity (Wildman–Crippen MR) is 80.2 cm³/mol. The molecule has 0 spiro atoms. The van der Waals surface area contributed by atoms with Gasteiger partial charge in [-0.05, 0) is 23.6 Å². The number of carbonyl (C=O) groups excluding carboxylic acids is 1. The number of carboxylic acid groups (broad SMARTS) is 1. The van der Waals surface area contributed by atoms with Gasteiger partial charge in [0.05, 0.1) is 4.90 Å². The normalized spacial score (nSPS) is 11.9. The Labute approximate surface area is 133 Å². The van der Waals surface area contributed by atoms with Gasteiger partial charge in [-0.3, -0.25) is 0 Å². The van der Waals surface area contributed by atoms with Crippen molar-refractivity contribution in [3.63, 3.8) is 0 Å². The maximum atomic E-state index is 14.2.